The smallest absolute Gasteiger partial charge is 0.241 e. The number of amides is 3. The minimum atomic E-state index is -0.989. The number of carbonyl (C=O) groups excluding carboxylic acids is 3. The number of nitrogens with two attached hydrogens (primary N) is 2. The second-order valence-electron chi connectivity index (χ2n) is 4.44. The minimum absolute atomic E-state index is 0.0781. The van der Waals surface area contributed by atoms with Crippen LogP contribution in [0.5, 0.6) is 0 Å². The summed E-state index contributed by atoms with van der Waals surface area (Å²) in [4.78, 5) is 35.5. The predicted octanol–water partition coefficient (Wildman–Crippen LogP) is -1.68. The first-order valence-electron chi connectivity index (χ1n) is 6.10. The molecule has 1 saturated heterocycles. The summed E-state index contributed by atoms with van der Waals surface area (Å²) in [5.74, 6) is -1.28. The maximum absolute atomic E-state index is 11.7. The van der Waals surface area contributed by atoms with Gasteiger partial charge in [0.1, 0.15) is 0 Å². The van der Waals surface area contributed by atoms with E-state index in [1.807, 2.05) is 0 Å². The summed E-state index contributed by atoms with van der Waals surface area (Å²) in [6.07, 6.45) is 2.92. The van der Waals surface area contributed by atoms with Crippen LogP contribution < -0.4 is 16.8 Å². The van der Waals surface area contributed by atoms with Crippen LogP contribution in [-0.2, 0) is 14.4 Å². The Morgan fingerprint density at radius 3 is 2.33 bits per heavy atom. The Hall–Kier alpha value is -1.63. The van der Waals surface area contributed by atoms with E-state index in [9.17, 15) is 14.4 Å². The molecule has 18 heavy (non-hydrogen) atoms. The van der Waals surface area contributed by atoms with Gasteiger partial charge in [-0.15, -0.1) is 0 Å². The molecule has 1 unspecified atom stereocenters. The first-order valence-corrected chi connectivity index (χ1v) is 6.10. The van der Waals surface area contributed by atoms with Gasteiger partial charge in [0.25, 0.3) is 0 Å². The van der Waals surface area contributed by atoms with Crippen molar-refractivity contribution in [1.29, 1.82) is 0 Å². The van der Waals surface area contributed by atoms with Crippen molar-refractivity contribution in [1.82, 2.24) is 10.2 Å². The molecule has 102 valence electrons. The van der Waals surface area contributed by atoms with Crippen LogP contribution in [0.2, 0.25) is 0 Å². The van der Waals surface area contributed by atoms with E-state index in [2.05, 4.69) is 5.32 Å². The van der Waals surface area contributed by atoms with Crippen LogP contribution in [0.1, 0.15) is 25.7 Å². The highest BCUT2D eigenvalue weighted by molar-refractivity contribution is 5.90. The molecular formula is C11H20N4O3. The largest absolute Gasteiger partial charge is 0.370 e. The van der Waals surface area contributed by atoms with Crippen LogP contribution in [0.3, 0.4) is 0 Å². The van der Waals surface area contributed by atoms with Crippen LogP contribution in [0.15, 0.2) is 0 Å². The molecule has 0 spiro atoms. The number of likely N-dealkylation sites (tertiary alicyclic amines) is 1. The maximum atomic E-state index is 11.7. The summed E-state index contributed by atoms with van der Waals surface area (Å²) in [6.45, 7) is 1.40. The molecule has 0 bridgehead atoms. The van der Waals surface area contributed by atoms with Crippen LogP contribution in [-0.4, -0.2) is 48.3 Å². The van der Waals surface area contributed by atoms with Crippen LogP contribution in [0, 0.1) is 0 Å². The van der Waals surface area contributed by atoms with Gasteiger partial charge in [-0.2, -0.15) is 0 Å². The van der Waals surface area contributed by atoms with E-state index in [-0.39, 0.29) is 18.9 Å². The summed E-state index contributed by atoms with van der Waals surface area (Å²) in [5, 5.41) is 2.42. The number of nitrogens with zero attached hydrogens (tertiary/aromatic N) is 1. The highest BCUT2D eigenvalue weighted by atomic mass is 16.2. The van der Waals surface area contributed by atoms with Gasteiger partial charge in [-0.05, 0) is 19.3 Å². The van der Waals surface area contributed by atoms with E-state index in [1.165, 1.54) is 0 Å². The Labute approximate surface area is 106 Å². The van der Waals surface area contributed by atoms with E-state index in [1.54, 1.807) is 4.90 Å². The topological polar surface area (TPSA) is 119 Å². The number of hydrogen-bond acceptors (Lipinski definition) is 4. The Morgan fingerprint density at radius 1 is 1.17 bits per heavy atom. The zero-order chi connectivity index (χ0) is 13.5. The van der Waals surface area contributed by atoms with Crippen molar-refractivity contribution in [2.24, 2.45) is 11.5 Å². The fourth-order valence-corrected chi connectivity index (χ4v) is 1.86. The van der Waals surface area contributed by atoms with Crippen molar-refractivity contribution in [2.45, 2.75) is 31.7 Å². The fourth-order valence-electron chi connectivity index (χ4n) is 1.86. The number of carbonyl (C=O) groups is 3. The molecule has 0 aromatic rings. The van der Waals surface area contributed by atoms with E-state index in [4.69, 9.17) is 11.5 Å². The molecule has 1 fully saturated rings. The van der Waals surface area contributed by atoms with Gasteiger partial charge >= 0.3 is 0 Å². The number of piperidine rings is 1. The van der Waals surface area contributed by atoms with Gasteiger partial charge in [0, 0.05) is 13.1 Å². The van der Waals surface area contributed by atoms with Gasteiger partial charge in [-0.1, -0.05) is 0 Å². The van der Waals surface area contributed by atoms with Gasteiger partial charge in [0.2, 0.25) is 17.7 Å². The molecule has 5 N–H and O–H groups in total. The Kier molecular flexibility index (Phi) is 5.57. The summed E-state index contributed by atoms with van der Waals surface area (Å²) < 4.78 is 0. The van der Waals surface area contributed by atoms with Gasteiger partial charge < -0.3 is 21.7 Å². The van der Waals surface area contributed by atoms with E-state index >= 15 is 0 Å². The molecule has 1 aliphatic rings. The van der Waals surface area contributed by atoms with Crippen molar-refractivity contribution >= 4 is 17.7 Å². The molecule has 0 aliphatic carbocycles. The van der Waals surface area contributed by atoms with E-state index in [0.717, 1.165) is 32.4 Å². The second-order valence-corrected chi connectivity index (χ2v) is 4.44. The average Bonchev–Trinajstić information content (AvgIpc) is 2.35. The first-order chi connectivity index (χ1) is 8.50. The zero-order valence-electron chi connectivity index (χ0n) is 10.4. The first kappa shape index (κ1) is 14.4. The quantitative estimate of drug-likeness (QED) is 0.544. The third kappa shape index (κ3) is 4.70. The molecular weight excluding hydrogens is 236 g/mol. The average molecular weight is 256 g/mol. The third-order valence-corrected chi connectivity index (χ3v) is 2.88. The fraction of sp³-hybridized carbons (Fsp3) is 0.727. The lowest BCUT2D eigenvalue weighted by Crippen LogP contribution is -2.48. The normalized spacial score (nSPS) is 17.1. The molecule has 0 aromatic carbocycles. The Bertz CT molecular complexity index is 326. The van der Waals surface area contributed by atoms with Gasteiger partial charge in [0.05, 0.1) is 19.0 Å². The molecule has 1 aliphatic heterocycles. The Balaban J connectivity index is 2.28. The minimum Gasteiger partial charge on any atom is -0.370 e. The molecule has 0 radical (unpaired) electrons. The van der Waals surface area contributed by atoms with Gasteiger partial charge in [-0.25, -0.2) is 0 Å². The van der Waals surface area contributed by atoms with Crippen molar-refractivity contribution in [3.05, 3.63) is 0 Å². The zero-order valence-corrected chi connectivity index (χ0v) is 10.4. The molecule has 3 amide bonds. The standard InChI is InChI=1S/C11H20N4O3/c12-8(6-9(13)16)11(18)14-7-10(17)15-4-2-1-3-5-15/h8H,1-7,12H2,(H2,13,16)(H,14,18). The Morgan fingerprint density at radius 2 is 1.78 bits per heavy atom. The SMILES string of the molecule is NC(=O)CC(N)C(=O)NCC(=O)N1CCCCC1. The molecule has 7 heteroatoms. The summed E-state index contributed by atoms with van der Waals surface area (Å²) >= 11 is 0. The van der Waals surface area contributed by atoms with E-state index < -0.39 is 17.9 Å². The lowest BCUT2D eigenvalue weighted by molar-refractivity contribution is -0.134. The van der Waals surface area contributed by atoms with Crippen LogP contribution >= 0.6 is 0 Å². The van der Waals surface area contributed by atoms with Gasteiger partial charge in [-0.3, -0.25) is 14.4 Å². The second kappa shape index (κ2) is 6.95. The maximum Gasteiger partial charge on any atom is 0.241 e. The monoisotopic (exact) mass is 256 g/mol. The summed E-state index contributed by atoms with van der Waals surface area (Å²) in [6, 6.07) is -0.989. The highest BCUT2D eigenvalue weighted by Crippen LogP contribution is 2.08. The number of hydrogen-bond donors (Lipinski definition) is 3. The molecule has 0 saturated carbocycles. The number of nitrogens with one attached hydrogen (secondary N) is 1. The van der Waals surface area contributed by atoms with Gasteiger partial charge in [0.15, 0.2) is 0 Å². The van der Waals surface area contributed by atoms with Crippen molar-refractivity contribution in [3.8, 4) is 0 Å². The van der Waals surface area contributed by atoms with Crippen molar-refractivity contribution in [3.63, 3.8) is 0 Å². The molecule has 7 nitrogen and oxygen atoms in total. The molecule has 1 rings (SSSR count). The van der Waals surface area contributed by atoms with Crippen LogP contribution in [0.25, 0.3) is 0 Å². The molecule has 1 heterocycles. The van der Waals surface area contributed by atoms with Crippen molar-refractivity contribution in [2.75, 3.05) is 19.6 Å². The highest BCUT2D eigenvalue weighted by Gasteiger charge is 2.19. The third-order valence-electron chi connectivity index (χ3n) is 2.88. The number of primary amides is 1. The number of rotatable bonds is 5. The molecule has 1 atom stereocenters. The van der Waals surface area contributed by atoms with Crippen molar-refractivity contribution < 1.29 is 14.4 Å². The lowest BCUT2D eigenvalue weighted by atomic mass is 10.1. The van der Waals surface area contributed by atoms with E-state index in [0.29, 0.717) is 0 Å². The predicted molar refractivity (Wildman–Crippen MR) is 65.2 cm³/mol. The van der Waals surface area contributed by atoms with Crippen LogP contribution in [0.4, 0.5) is 0 Å². The molecule has 0 aromatic heterocycles. The lowest BCUT2D eigenvalue weighted by Gasteiger charge is -2.26. The summed E-state index contributed by atoms with van der Waals surface area (Å²) in [7, 11) is 0. The summed E-state index contributed by atoms with van der Waals surface area (Å²) in [5.41, 5.74) is 10.4.